The second-order valence-electron chi connectivity index (χ2n) is 6.59. The van der Waals surface area contributed by atoms with E-state index in [2.05, 4.69) is 42.7 Å². The summed E-state index contributed by atoms with van der Waals surface area (Å²) < 4.78 is 5.77. The molecule has 1 aliphatic carbocycles. The third kappa shape index (κ3) is 5.91. The molecule has 0 atom stereocenters. The van der Waals surface area contributed by atoms with Crippen molar-refractivity contribution in [2.75, 3.05) is 19.7 Å². The van der Waals surface area contributed by atoms with Crippen molar-refractivity contribution in [2.45, 2.75) is 52.9 Å². The Kier molecular flexibility index (Phi) is 7.16. The van der Waals surface area contributed by atoms with Gasteiger partial charge in [0.2, 0.25) is 0 Å². The van der Waals surface area contributed by atoms with E-state index in [0.717, 1.165) is 17.7 Å². The molecule has 0 aliphatic heterocycles. The van der Waals surface area contributed by atoms with Crippen LogP contribution in [-0.2, 0) is 0 Å². The zero-order valence-electron chi connectivity index (χ0n) is 15.2. The maximum atomic E-state index is 11.8. The highest BCUT2D eigenvalue weighted by Gasteiger charge is 2.06. The first-order valence-electron chi connectivity index (χ1n) is 8.96. The summed E-state index contributed by atoms with van der Waals surface area (Å²) in [4.78, 5) is 11.8. The number of hydrogen-bond donors (Lipinski definition) is 2. The fourth-order valence-corrected chi connectivity index (χ4v) is 2.95. The van der Waals surface area contributed by atoms with Crippen LogP contribution >= 0.6 is 0 Å². The number of urea groups is 1. The van der Waals surface area contributed by atoms with Gasteiger partial charge in [-0.1, -0.05) is 17.7 Å². The molecule has 0 fully saturated rings. The third-order valence-corrected chi connectivity index (χ3v) is 4.55. The molecular formula is C20H30N2O2. The highest BCUT2D eigenvalue weighted by atomic mass is 16.5. The van der Waals surface area contributed by atoms with Crippen molar-refractivity contribution in [3.8, 4) is 5.75 Å². The minimum Gasteiger partial charge on any atom is -0.491 e. The Hall–Kier alpha value is -1.97. The molecule has 4 nitrogen and oxygen atoms in total. The average Bonchev–Trinajstić information content (AvgIpc) is 2.57. The number of carbonyl (C=O) groups excluding carboxylic acids is 1. The Bertz CT molecular complexity index is 594. The number of carbonyl (C=O) groups is 1. The van der Waals surface area contributed by atoms with E-state index in [1.54, 1.807) is 0 Å². The quantitative estimate of drug-likeness (QED) is 0.582. The number of nitrogens with one attached hydrogen (secondary N) is 2. The van der Waals surface area contributed by atoms with Crippen LogP contribution in [0.5, 0.6) is 5.75 Å². The second-order valence-corrected chi connectivity index (χ2v) is 6.59. The van der Waals surface area contributed by atoms with Crippen LogP contribution in [0, 0.1) is 20.8 Å². The SMILES string of the molecule is Cc1cc(C)c(OCCNC(=O)NCCC2=CCCCC2)cc1C. The number of amides is 2. The largest absolute Gasteiger partial charge is 0.491 e. The fraction of sp³-hybridized carbons (Fsp3) is 0.550. The minimum atomic E-state index is -0.119. The molecule has 2 rings (SSSR count). The monoisotopic (exact) mass is 330 g/mol. The van der Waals surface area contributed by atoms with Crippen LogP contribution in [0.25, 0.3) is 0 Å². The average molecular weight is 330 g/mol. The second kappa shape index (κ2) is 9.36. The van der Waals surface area contributed by atoms with Gasteiger partial charge < -0.3 is 15.4 Å². The van der Waals surface area contributed by atoms with E-state index in [9.17, 15) is 4.79 Å². The third-order valence-electron chi connectivity index (χ3n) is 4.55. The Morgan fingerprint density at radius 1 is 1.04 bits per heavy atom. The van der Waals surface area contributed by atoms with Gasteiger partial charge in [-0.25, -0.2) is 4.79 Å². The molecule has 4 heteroatoms. The maximum Gasteiger partial charge on any atom is 0.314 e. The van der Waals surface area contributed by atoms with Crippen molar-refractivity contribution in [3.05, 3.63) is 40.5 Å². The molecule has 1 aliphatic rings. The zero-order valence-corrected chi connectivity index (χ0v) is 15.2. The van der Waals surface area contributed by atoms with Crippen LogP contribution in [0.15, 0.2) is 23.8 Å². The van der Waals surface area contributed by atoms with E-state index in [1.165, 1.54) is 42.4 Å². The lowest BCUT2D eigenvalue weighted by Gasteiger charge is -2.14. The molecule has 132 valence electrons. The summed E-state index contributed by atoms with van der Waals surface area (Å²) in [6, 6.07) is 4.07. The van der Waals surface area contributed by atoms with Crippen LogP contribution < -0.4 is 15.4 Å². The highest BCUT2D eigenvalue weighted by Crippen LogP contribution is 2.22. The lowest BCUT2D eigenvalue weighted by Crippen LogP contribution is -2.38. The van der Waals surface area contributed by atoms with Gasteiger partial charge in [0.1, 0.15) is 12.4 Å². The van der Waals surface area contributed by atoms with Crippen LogP contribution in [0.2, 0.25) is 0 Å². The molecule has 0 spiro atoms. The summed E-state index contributed by atoms with van der Waals surface area (Å²) in [5, 5.41) is 5.75. The predicted octanol–water partition coefficient (Wildman–Crippen LogP) is 4.18. The van der Waals surface area contributed by atoms with Crippen molar-refractivity contribution in [1.82, 2.24) is 10.6 Å². The molecule has 24 heavy (non-hydrogen) atoms. The van der Waals surface area contributed by atoms with Crippen molar-refractivity contribution < 1.29 is 9.53 Å². The van der Waals surface area contributed by atoms with Gasteiger partial charge in [-0.2, -0.15) is 0 Å². The summed E-state index contributed by atoms with van der Waals surface area (Å²) in [5.74, 6) is 0.893. The number of rotatable bonds is 7. The molecule has 0 saturated carbocycles. The number of hydrogen-bond acceptors (Lipinski definition) is 2. The highest BCUT2D eigenvalue weighted by molar-refractivity contribution is 5.73. The van der Waals surface area contributed by atoms with Crippen LogP contribution in [0.4, 0.5) is 4.79 Å². The zero-order chi connectivity index (χ0) is 17.4. The molecule has 0 radical (unpaired) electrons. The topological polar surface area (TPSA) is 50.4 Å². The van der Waals surface area contributed by atoms with Crippen molar-refractivity contribution in [2.24, 2.45) is 0 Å². The normalized spacial score (nSPS) is 14.0. The van der Waals surface area contributed by atoms with Gasteiger partial charge in [0.05, 0.1) is 6.54 Å². The molecular weight excluding hydrogens is 300 g/mol. The molecule has 2 N–H and O–H groups in total. The van der Waals surface area contributed by atoms with E-state index in [4.69, 9.17) is 4.74 Å². The molecule has 1 aromatic rings. The van der Waals surface area contributed by atoms with E-state index < -0.39 is 0 Å². The number of allylic oxidation sites excluding steroid dienone is 1. The Balaban J connectivity index is 1.61. The standard InChI is InChI=1S/C20H30N2O2/c1-15-13-17(3)19(14-16(15)2)24-12-11-22-20(23)21-10-9-18-7-5-4-6-8-18/h7,13-14H,4-6,8-12H2,1-3H3,(H2,21,22,23). The molecule has 1 aromatic carbocycles. The fourth-order valence-electron chi connectivity index (χ4n) is 2.95. The maximum absolute atomic E-state index is 11.8. The van der Waals surface area contributed by atoms with Gasteiger partial charge in [0.15, 0.2) is 0 Å². The van der Waals surface area contributed by atoms with E-state index in [-0.39, 0.29) is 6.03 Å². The summed E-state index contributed by atoms with van der Waals surface area (Å²) >= 11 is 0. The summed E-state index contributed by atoms with van der Waals surface area (Å²) in [6.45, 7) is 7.90. The van der Waals surface area contributed by atoms with Gasteiger partial charge in [0, 0.05) is 6.54 Å². The molecule has 0 saturated heterocycles. The van der Waals surface area contributed by atoms with Crippen LogP contribution in [0.1, 0.15) is 48.8 Å². The van der Waals surface area contributed by atoms with Crippen LogP contribution in [-0.4, -0.2) is 25.7 Å². The van der Waals surface area contributed by atoms with Gasteiger partial charge >= 0.3 is 6.03 Å². The Labute approximate surface area is 145 Å². The Morgan fingerprint density at radius 2 is 1.79 bits per heavy atom. The van der Waals surface area contributed by atoms with Gasteiger partial charge in [-0.15, -0.1) is 0 Å². The molecule has 0 aromatic heterocycles. The summed E-state index contributed by atoms with van der Waals surface area (Å²) in [5.41, 5.74) is 5.10. The number of aryl methyl sites for hydroxylation is 3. The first-order valence-corrected chi connectivity index (χ1v) is 8.96. The molecule has 0 heterocycles. The van der Waals surface area contributed by atoms with Crippen molar-refractivity contribution >= 4 is 6.03 Å². The van der Waals surface area contributed by atoms with Crippen LogP contribution in [0.3, 0.4) is 0 Å². The minimum absolute atomic E-state index is 0.119. The first-order chi connectivity index (χ1) is 11.6. The number of benzene rings is 1. The van der Waals surface area contributed by atoms with E-state index in [1.807, 2.05) is 6.92 Å². The van der Waals surface area contributed by atoms with Crippen molar-refractivity contribution in [1.29, 1.82) is 0 Å². The lowest BCUT2D eigenvalue weighted by atomic mass is 9.97. The molecule has 0 bridgehead atoms. The smallest absolute Gasteiger partial charge is 0.314 e. The van der Waals surface area contributed by atoms with E-state index >= 15 is 0 Å². The van der Waals surface area contributed by atoms with E-state index in [0.29, 0.717) is 19.7 Å². The van der Waals surface area contributed by atoms with Gasteiger partial charge in [0.25, 0.3) is 0 Å². The predicted molar refractivity (Wildman–Crippen MR) is 98.7 cm³/mol. The lowest BCUT2D eigenvalue weighted by molar-refractivity contribution is 0.236. The molecule has 0 unspecified atom stereocenters. The summed E-state index contributed by atoms with van der Waals surface area (Å²) in [7, 11) is 0. The first kappa shape index (κ1) is 18.4. The summed E-state index contributed by atoms with van der Waals surface area (Å²) in [6.07, 6.45) is 8.25. The number of ether oxygens (including phenoxy) is 1. The van der Waals surface area contributed by atoms with Gasteiger partial charge in [-0.05, 0) is 75.6 Å². The molecule has 2 amide bonds. The van der Waals surface area contributed by atoms with Crippen molar-refractivity contribution in [3.63, 3.8) is 0 Å². The Morgan fingerprint density at radius 3 is 2.54 bits per heavy atom. The van der Waals surface area contributed by atoms with Gasteiger partial charge in [-0.3, -0.25) is 0 Å².